The highest BCUT2D eigenvalue weighted by molar-refractivity contribution is 5.84. The number of hydrogen-bond donors (Lipinski definition) is 3. The normalized spacial score (nSPS) is 20.4. The molecule has 16 heavy (non-hydrogen) atoms. The minimum Gasteiger partial charge on any atom is -0.409 e. The predicted octanol–water partition coefficient (Wildman–Crippen LogP) is 1.21. The number of amidine groups is 1. The van der Waals surface area contributed by atoms with Crippen LogP contribution in [0.25, 0.3) is 0 Å². The summed E-state index contributed by atoms with van der Waals surface area (Å²) in [6, 6.07) is 0. The zero-order valence-corrected chi connectivity index (χ0v) is 9.83. The molecule has 0 unspecified atom stereocenters. The minimum atomic E-state index is -0.219. The van der Waals surface area contributed by atoms with E-state index in [-0.39, 0.29) is 17.2 Å². The van der Waals surface area contributed by atoms with Gasteiger partial charge in [0.1, 0.15) is 5.84 Å². The molecule has 1 fully saturated rings. The number of oxime groups is 1. The lowest BCUT2D eigenvalue weighted by Gasteiger charge is -2.31. The van der Waals surface area contributed by atoms with Crippen molar-refractivity contribution in [1.29, 1.82) is 0 Å². The van der Waals surface area contributed by atoms with Gasteiger partial charge in [-0.05, 0) is 12.8 Å². The van der Waals surface area contributed by atoms with Gasteiger partial charge in [-0.25, -0.2) is 0 Å². The molecule has 1 aliphatic carbocycles. The molecule has 0 atom stereocenters. The molecule has 0 aromatic heterocycles. The lowest BCUT2D eigenvalue weighted by molar-refractivity contribution is -0.131. The topological polar surface area (TPSA) is 87.7 Å². The van der Waals surface area contributed by atoms with E-state index < -0.39 is 0 Å². The molecule has 1 saturated carbocycles. The summed E-state index contributed by atoms with van der Waals surface area (Å²) in [4.78, 5) is 11.9. The molecule has 0 aromatic carbocycles. The third-order valence-electron chi connectivity index (χ3n) is 3.30. The van der Waals surface area contributed by atoms with Crippen LogP contribution in [-0.2, 0) is 4.79 Å². The van der Waals surface area contributed by atoms with Crippen molar-refractivity contribution in [2.75, 3.05) is 6.54 Å². The van der Waals surface area contributed by atoms with Crippen LogP contribution in [0.15, 0.2) is 5.16 Å². The fourth-order valence-electron chi connectivity index (χ4n) is 2.13. The van der Waals surface area contributed by atoms with Crippen molar-refractivity contribution in [2.24, 2.45) is 16.3 Å². The molecule has 92 valence electrons. The molecule has 0 heterocycles. The van der Waals surface area contributed by atoms with Gasteiger partial charge in [-0.1, -0.05) is 31.3 Å². The van der Waals surface area contributed by atoms with Crippen LogP contribution in [-0.4, -0.2) is 23.5 Å². The predicted molar refractivity (Wildman–Crippen MR) is 62.2 cm³/mol. The van der Waals surface area contributed by atoms with Crippen LogP contribution in [0, 0.1) is 5.41 Å². The molecule has 4 N–H and O–H groups in total. The smallest absolute Gasteiger partial charge is 0.225 e. The van der Waals surface area contributed by atoms with Gasteiger partial charge < -0.3 is 16.3 Å². The van der Waals surface area contributed by atoms with Gasteiger partial charge in [-0.3, -0.25) is 4.79 Å². The highest BCUT2D eigenvalue weighted by Crippen LogP contribution is 2.35. The summed E-state index contributed by atoms with van der Waals surface area (Å²) in [5.41, 5.74) is 5.10. The lowest BCUT2D eigenvalue weighted by atomic mass is 9.75. The Morgan fingerprint density at radius 3 is 2.62 bits per heavy atom. The van der Waals surface area contributed by atoms with Gasteiger partial charge in [0.2, 0.25) is 5.91 Å². The van der Waals surface area contributed by atoms with Crippen molar-refractivity contribution in [3.8, 4) is 0 Å². The number of amides is 1. The molecular weight excluding hydrogens is 206 g/mol. The van der Waals surface area contributed by atoms with E-state index in [1.54, 1.807) is 0 Å². The van der Waals surface area contributed by atoms with Crippen molar-refractivity contribution >= 4 is 11.7 Å². The average molecular weight is 227 g/mol. The van der Waals surface area contributed by atoms with E-state index in [0.717, 1.165) is 25.7 Å². The Bertz CT molecular complexity index is 270. The molecule has 0 saturated heterocycles. The van der Waals surface area contributed by atoms with Crippen LogP contribution in [0.4, 0.5) is 0 Å². The number of nitrogens with two attached hydrogens (primary N) is 1. The number of carbonyl (C=O) groups is 1. The maximum absolute atomic E-state index is 11.9. The maximum Gasteiger partial charge on any atom is 0.225 e. The summed E-state index contributed by atoms with van der Waals surface area (Å²) in [5, 5.41) is 14.1. The molecule has 0 aromatic rings. The number of hydrogen-bond acceptors (Lipinski definition) is 3. The van der Waals surface area contributed by atoms with Gasteiger partial charge in [-0.15, -0.1) is 0 Å². The molecule has 1 amide bonds. The highest BCUT2D eigenvalue weighted by Gasteiger charge is 2.33. The molecule has 5 nitrogen and oxygen atoms in total. The molecule has 0 bridgehead atoms. The van der Waals surface area contributed by atoms with E-state index in [2.05, 4.69) is 10.5 Å². The zero-order valence-electron chi connectivity index (χ0n) is 9.83. The standard InChI is InChI=1S/C11H21N3O2/c1-11(6-3-2-4-7-11)10(15)13-8-5-9(12)14-16/h16H,2-8H2,1H3,(H2,12,14)(H,13,15). The second-order valence-electron chi connectivity index (χ2n) is 4.72. The number of rotatable bonds is 4. The van der Waals surface area contributed by atoms with E-state index in [1.165, 1.54) is 6.42 Å². The number of carbonyl (C=O) groups excluding carboxylic acids is 1. The van der Waals surface area contributed by atoms with Crippen LogP contribution in [0.2, 0.25) is 0 Å². The molecule has 5 heteroatoms. The van der Waals surface area contributed by atoms with Crippen LogP contribution in [0.3, 0.4) is 0 Å². The van der Waals surface area contributed by atoms with E-state index >= 15 is 0 Å². The van der Waals surface area contributed by atoms with Crippen LogP contribution in [0.5, 0.6) is 0 Å². The first-order valence-electron chi connectivity index (χ1n) is 5.83. The van der Waals surface area contributed by atoms with Crippen molar-refractivity contribution in [3.63, 3.8) is 0 Å². The Morgan fingerprint density at radius 2 is 2.06 bits per heavy atom. The second kappa shape index (κ2) is 5.72. The van der Waals surface area contributed by atoms with Crippen LogP contribution >= 0.6 is 0 Å². The summed E-state index contributed by atoms with van der Waals surface area (Å²) >= 11 is 0. The number of nitrogens with one attached hydrogen (secondary N) is 1. The van der Waals surface area contributed by atoms with Gasteiger partial charge in [0.05, 0.1) is 0 Å². The first-order chi connectivity index (χ1) is 7.58. The molecule has 1 rings (SSSR count). The Morgan fingerprint density at radius 1 is 1.44 bits per heavy atom. The summed E-state index contributed by atoms with van der Waals surface area (Å²) < 4.78 is 0. The molecule has 1 aliphatic rings. The van der Waals surface area contributed by atoms with Gasteiger partial charge in [0, 0.05) is 18.4 Å². The zero-order chi connectivity index (χ0) is 12.0. The molecular formula is C11H21N3O2. The largest absolute Gasteiger partial charge is 0.409 e. The van der Waals surface area contributed by atoms with Gasteiger partial charge >= 0.3 is 0 Å². The first kappa shape index (κ1) is 12.8. The van der Waals surface area contributed by atoms with Crippen LogP contribution in [0.1, 0.15) is 45.4 Å². The fraction of sp³-hybridized carbons (Fsp3) is 0.818. The molecule has 0 aliphatic heterocycles. The first-order valence-corrected chi connectivity index (χ1v) is 5.83. The van der Waals surface area contributed by atoms with E-state index in [1.807, 2.05) is 6.92 Å². The summed E-state index contributed by atoms with van der Waals surface area (Å²) in [6.07, 6.45) is 5.80. The van der Waals surface area contributed by atoms with Gasteiger partial charge in [-0.2, -0.15) is 0 Å². The Kier molecular flexibility index (Phi) is 4.58. The van der Waals surface area contributed by atoms with Crippen molar-refractivity contribution in [2.45, 2.75) is 45.4 Å². The monoisotopic (exact) mass is 227 g/mol. The van der Waals surface area contributed by atoms with E-state index in [0.29, 0.717) is 13.0 Å². The Labute approximate surface area is 96.1 Å². The number of nitrogens with zero attached hydrogens (tertiary/aromatic N) is 1. The third kappa shape index (κ3) is 3.40. The lowest BCUT2D eigenvalue weighted by Crippen LogP contribution is -2.41. The SMILES string of the molecule is CC1(C(=O)NCCC(N)=NO)CCCCC1. The minimum absolute atomic E-state index is 0.0953. The molecule has 0 radical (unpaired) electrons. The third-order valence-corrected chi connectivity index (χ3v) is 3.30. The van der Waals surface area contributed by atoms with Gasteiger partial charge in [0.25, 0.3) is 0 Å². The van der Waals surface area contributed by atoms with E-state index in [4.69, 9.17) is 10.9 Å². The van der Waals surface area contributed by atoms with Crippen molar-refractivity contribution in [3.05, 3.63) is 0 Å². The second-order valence-corrected chi connectivity index (χ2v) is 4.72. The summed E-state index contributed by atoms with van der Waals surface area (Å²) in [5.74, 6) is 0.243. The Hall–Kier alpha value is -1.26. The maximum atomic E-state index is 11.9. The average Bonchev–Trinajstić information content (AvgIpc) is 2.29. The quantitative estimate of drug-likeness (QED) is 0.292. The van der Waals surface area contributed by atoms with Gasteiger partial charge in [0.15, 0.2) is 0 Å². The van der Waals surface area contributed by atoms with Crippen LogP contribution < -0.4 is 11.1 Å². The molecule has 0 spiro atoms. The highest BCUT2D eigenvalue weighted by atomic mass is 16.4. The summed E-state index contributed by atoms with van der Waals surface area (Å²) in [7, 11) is 0. The Balaban J connectivity index is 2.33. The van der Waals surface area contributed by atoms with E-state index in [9.17, 15) is 4.79 Å². The van der Waals surface area contributed by atoms with Crippen molar-refractivity contribution in [1.82, 2.24) is 5.32 Å². The van der Waals surface area contributed by atoms with Crippen molar-refractivity contribution < 1.29 is 10.0 Å². The fourth-order valence-corrected chi connectivity index (χ4v) is 2.13. The summed E-state index contributed by atoms with van der Waals surface area (Å²) in [6.45, 7) is 2.45.